The number of benzene rings is 2. The van der Waals surface area contributed by atoms with Gasteiger partial charge in [0.2, 0.25) is 0 Å². The molecule has 6 nitrogen and oxygen atoms in total. The number of hydrogen-bond donors (Lipinski definition) is 2. The van der Waals surface area contributed by atoms with Crippen LogP contribution in [-0.2, 0) is 22.4 Å². The van der Waals surface area contributed by atoms with E-state index in [9.17, 15) is 26.4 Å². The van der Waals surface area contributed by atoms with Crippen molar-refractivity contribution < 1.29 is 26.3 Å². The van der Waals surface area contributed by atoms with E-state index < -0.39 is 21.6 Å². The van der Waals surface area contributed by atoms with Crippen molar-refractivity contribution in [3.63, 3.8) is 0 Å². The molecule has 0 fully saturated rings. The Morgan fingerprint density at radius 2 is 1.70 bits per heavy atom. The van der Waals surface area contributed by atoms with Crippen molar-refractivity contribution in [2.75, 3.05) is 5.75 Å². The minimum atomic E-state index is -4.47. The summed E-state index contributed by atoms with van der Waals surface area (Å²) in [6.45, 7) is 1.54. The van der Waals surface area contributed by atoms with Gasteiger partial charge in [-0.05, 0) is 54.1 Å². The minimum Gasteiger partial charge on any atom is -0.457 e. The predicted molar refractivity (Wildman–Crippen MR) is 117 cm³/mol. The van der Waals surface area contributed by atoms with Gasteiger partial charge in [-0.3, -0.25) is 4.79 Å². The Bertz CT molecular complexity index is 1470. The van der Waals surface area contributed by atoms with Gasteiger partial charge in [-0.25, -0.2) is 8.42 Å². The predicted octanol–water partition coefficient (Wildman–Crippen LogP) is 5.05. The molecular formula is C23H19F3N2O4S. The molecule has 33 heavy (non-hydrogen) atoms. The Morgan fingerprint density at radius 1 is 0.970 bits per heavy atom. The molecule has 0 bridgehead atoms. The van der Waals surface area contributed by atoms with Gasteiger partial charge in [-0.2, -0.15) is 13.2 Å². The Labute approximate surface area is 187 Å². The number of sulfone groups is 1. The molecule has 0 amide bonds. The van der Waals surface area contributed by atoms with Crippen LogP contribution in [0.1, 0.15) is 23.6 Å². The van der Waals surface area contributed by atoms with Crippen LogP contribution in [-0.4, -0.2) is 24.1 Å². The lowest BCUT2D eigenvalue weighted by Gasteiger charge is -2.14. The Hall–Kier alpha value is -3.53. The smallest absolute Gasteiger partial charge is 0.416 e. The average molecular weight is 476 g/mol. The molecular weight excluding hydrogens is 457 g/mol. The van der Waals surface area contributed by atoms with Crippen molar-refractivity contribution in [2.24, 2.45) is 0 Å². The standard InChI is InChI=1S/C23H19F3N2O4S/c1-2-33(30,31)18-7-8-20(32-17-5-3-16(4-6-17)23(24,25)26)14(12-18)11-15-13-28-21-19(15)9-10-27-22(21)29/h3-10,12-13,28H,2,11H2,1H3,(H,27,29). The Morgan fingerprint density at radius 3 is 2.36 bits per heavy atom. The summed E-state index contributed by atoms with van der Waals surface area (Å²) >= 11 is 0. The maximum Gasteiger partial charge on any atom is 0.416 e. The van der Waals surface area contributed by atoms with Gasteiger partial charge < -0.3 is 14.7 Å². The van der Waals surface area contributed by atoms with Crippen LogP contribution < -0.4 is 10.3 Å². The van der Waals surface area contributed by atoms with E-state index in [2.05, 4.69) is 9.97 Å². The van der Waals surface area contributed by atoms with Gasteiger partial charge >= 0.3 is 6.18 Å². The number of hydrogen-bond acceptors (Lipinski definition) is 4. The number of H-pyrrole nitrogens is 2. The normalized spacial score (nSPS) is 12.2. The Balaban J connectivity index is 1.75. The highest BCUT2D eigenvalue weighted by atomic mass is 32.2. The molecule has 0 aliphatic heterocycles. The first-order valence-corrected chi connectivity index (χ1v) is 11.6. The maximum absolute atomic E-state index is 12.8. The second-order valence-electron chi connectivity index (χ2n) is 7.38. The summed E-state index contributed by atoms with van der Waals surface area (Å²) in [5, 5.41) is 0.669. The van der Waals surface area contributed by atoms with Crippen molar-refractivity contribution in [1.82, 2.24) is 9.97 Å². The molecule has 2 heterocycles. The van der Waals surface area contributed by atoms with Gasteiger partial charge in [0.1, 0.15) is 17.0 Å². The lowest BCUT2D eigenvalue weighted by Crippen LogP contribution is -2.06. The highest BCUT2D eigenvalue weighted by Crippen LogP contribution is 2.34. The van der Waals surface area contributed by atoms with Crippen LogP contribution in [0.5, 0.6) is 11.5 Å². The summed E-state index contributed by atoms with van der Waals surface area (Å²) in [6.07, 6.45) is -1.07. The SMILES string of the molecule is CCS(=O)(=O)c1ccc(Oc2ccc(C(F)(F)F)cc2)c(Cc2c[nH]c3c(=O)[nH]ccc23)c1. The summed E-state index contributed by atoms with van der Waals surface area (Å²) in [4.78, 5) is 17.6. The molecule has 0 atom stereocenters. The minimum absolute atomic E-state index is 0.0893. The fraction of sp³-hybridized carbons (Fsp3) is 0.174. The Kier molecular flexibility index (Phi) is 5.79. The number of ether oxygens (including phenoxy) is 1. The number of aromatic nitrogens is 2. The molecule has 0 spiro atoms. The van der Waals surface area contributed by atoms with E-state index >= 15 is 0 Å². The quantitative estimate of drug-likeness (QED) is 0.407. The van der Waals surface area contributed by atoms with E-state index in [0.717, 1.165) is 17.7 Å². The van der Waals surface area contributed by atoms with Crippen LogP contribution in [0.2, 0.25) is 0 Å². The van der Waals surface area contributed by atoms with E-state index in [-0.39, 0.29) is 28.4 Å². The molecule has 4 aromatic rings. The van der Waals surface area contributed by atoms with Crippen LogP contribution in [0, 0.1) is 0 Å². The first kappa shape index (κ1) is 22.7. The fourth-order valence-electron chi connectivity index (χ4n) is 3.47. The summed E-state index contributed by atoms with van der Waals surface area (Å²) < 4.78 is 69.2. The van der Waals surface area contributed by atoms with Gasteiger partial charge in [0, 0.05) is 29.8 Å². The zero-order valence-electron chi connectivity index (χ0n) is 17.4. The van der Waals surface area contributed by atoms with Crippen molar-refractivity contribution in [3.05, 3.63) is 88.0 Å². The van der Waals surface area contributed by atoms with Gasteiger partial charge in [0.05, 0.1) is 16.2 Å². The zero-order valence-corrected chi connectivity index (χ0v) is 18.2. The van der Waals surface area contributed by atoms with Crippen LogP contribution in [0.25, 0.3) is 10.9 Å². The first-order valence-electron chi connectivity index (χ1n) is 9.97. The lowest BCUT2D eigenvalue weighted by atomic mass is 10.0. The molecule has 0 saturated heterocycles. The van der Waals surface area contributed by atoms with Gasteiger partial charge in [-0.15, -0.1) is 0 Å². The van der Waals surface area contributed by atoms with Crippen molar-refractivity contribution in [3.8, 4) is 11.5 Å². The van der Waals surface area contributed by atoms with Crippen LogP contribution >= 0.6 is 0 Å². The molecule has 4 rings (SSSR count). The molecule has 0 radical (unpaired) electrons. The number of fused-ring (bicyclic) bond motifs is 1. The van der Waals surface area contributed by atoms with Crippen molar-refractivity contribution in [2.45, 2.75) is 24.4 Å². The molecule has 10 heteroatoms. The summed E-state index contributed by atoms with van der Waals surface area (Å²) in [6, 6.07) is 10.3. The van der Waals surface area contributed by atoms with E-state index in [1.54, 1.807) is 12.3 Å². The number of pyridine rings is 1. The summed E-state index contributed by atoms with van der Waals surface area (Å²) in [5.74, 6) is 0.378. The molecule has 2 N–H and O–H groups in total. The largest absolute Gasteiger partial charge is 0.457 e. The summed E-state index contributed by atoms with van der Waals surface area (Å²) in [7, 11) is -3.50. The first-order chi connectivity index (χ1) is 15.6. The number of rotatable bonds is 6. The third-order valence-electron chi connectivity index (χ3n) is 5.26. The lowest BCUT2D eigenvalue weighted by molar-refractivity contribution is -0.137. The topological polar surface area (TPSA) is 92.0 Å². The molecule has 172 valence electrons. The molecule has 0 aliphatic rings. The van der Waals surface area contributed by atoms with Crippen LogP contribution in [0.4, 0.5) is 13.2 Å². The van der Waals surface area contributed by atoms with Gasteiger partial charge in [0.25, 0.3) is 5.56 Å². The molecule has 0 saturated carbocycles. The van der Waals surface area contributed by atoms with E-state index in [1.807, 2.05) is 0 Å². The zero-order chi connectivity index (χ0) is 23.8. The average Bonchev–Trinajstić information content (AvgIpc) is 3.19. The second kappa shape index (κ2) is 8.43. The third kappa shape index (κ3) is 4.65. The fourth-order valence-corrected chi connectivity index (χ4v) is 4.40. The molecule has 0 unspecified atom stereocenters. The third-order valence-corrected chi connectivity index (χ3v) is 6.99. The number of alkyl halides is 3. The van der Waals surface area contributed by atoms with Crippen LogP contribution in [0.3, 0.4) is 0 Å². The molecule has 2 aromatic carbocycles. The highest BCUT2D eigenvalue weighted by molar-refractivity contribution is 7.91. The number of halogens is 3. The second-order valence-corrected chi connectivity index (χ2v) is 9.66. The van der Waals surface area contributed by atoms with Crippen molar-refractivity contribution >= 4 is 20.7 Å². The van der Waals surface area contributed by atoms with Gasteiger partial charge in [0.15, 0.2) is 9.84 Å². The van der Waals surface area contributed by atoms with E-state index in [4.69, 9.17) is 4.74 Å². The highest BCUT2D eigenvalue weighted by Gasteiger charge is 2.30. The van der Waals surface area contributed by atoms with Crippen molar-refractivity contribution in [1.29, 1.82) is 0 Å². The number of aromatic amines is 2. The molecule has 0 aliphatic carbocycles. The summed E-state index contributed by atoms with van der Waals surface area (Å²) in [5.41, 5.74) is 0.533. The van der Waals surface area contributed by atoms with Crippen LogP contribution in [0.15, 0.2) is 70.6 Å². The van der Waals surface area contributed by atoms with E-state index in [0.29, 0.717) is 22.2 Å². The molecule has 2 aromatic heterocycles. The van der Waals surface area contributed by atoms with Gasteiger partial charge in [-0.1, -0.05) is 6.92 Å². The monoisotopic (exact) mass is 476 g/mol. The van der Waals surface area contributed by atoms with E-state index in [1.165, 1.54) is 43.5 Å². The number of nitrogens with one attached hydrogen (secondary N) is 2. The maximum atomic E-state index is 12.8.